The zero-order valence-corrected chi connectivity index (χ0v) is 11.9. The lowest BCUT2D eigenvalue weighted by Gasteiger charge is -2.06. The molecule has 4 nitrogen and oxygen atoms in total. The van der Waals surface area contributed by atoms with E-state index in [9.17, 15) is 4.79 Å². The second-order valence-corrected chi connectivity index (χ2v) is 5.64. The van der Waals surface area contributed by atoms with Gasteiger partial charge in [0.25, 0.3) is 5.91 Å². The lowest BCUT2D eigenvalue weighted by molar-refractivity contribution is -0.117. The second-order valence-electron chi connectivity index (χ2n) is 5.23. The second kappa shape index (κ2) is 4.67. The Bertz CT molecular complexity index is 786. The molecule has 1 aromatic carbocycles. The maximum Gasteiger partial charge on any atom is 0.272 e. The fourth-order valence-electron chi connectivity index (χ4n) is 2.64. The highest BCUT2D eigenvalue weighted by molar-refractivity contribution is 6.31. The highest BCUT2D eigenvalue weighted by Crippen LogP contribution is 2.51. The maximum absolute atomic E-state index is 12.2. The molecular formula is C16H12ClN3O. The number of nitrogens with zero attached hydrogens (tertiary/aromatic N) is 2. The van der Waals surface area contributed by atoms with Gasteiger partial charge in [-0.05, 0) is 35.3 Å². The van der Waals surface area contributed by atoms with E-state index in [2.05, 4.69) is 15.5 Å². The molecule has 0 radical (unpaired) electrons. The standard InChI is InChI=1S/C16H12ClN3O/c17-13-4-2-1-3-9(13)5-6-18-16(21)15-12-8-10-7-11(10)14(12)19-20-15/h1-4,8H,5-7H2,(H,18,21). The van der Waals surface area contributed by atoms with E-state index in [1.165, 1.54) is 11.1 Å². The van der Waals surface area contributed by atoms with Gasteiger partial charge in [0.2, 0.25) is 0 Å². The molecule has 0 saturated heterocycles. The largest absolute Gasteiger partial charge is 0.350 e. The Morgan fingerprint density at radius 3 is 3.00 bits per heavy atom. The predicted octanol–water partition coefficient (Wildman–Crippen LogP) is 3.32. The molecule has 1 aliphatic heterocycles. The van der Waals surface area contributed by atoms with Crippen molar-refractivity contribution in [3.63, 3.8) is 0 Å². The minimum Gasteiger partial charge on any atom is -0.350 e. The molecule has 0 unspecified atom stereocenters. The monoisotopic (exact) mass is 297 g/mol. The molecule has 0 aromatic heterocycles. The van der Waals surface area contributed by atoms with Gasteiger partial charge in [-0.1, -0.05) is 29.8 Å². The summed E-state index contributed by atoms with van der Waals surface area (Å²) in [4.78, 5) is 12.2. The van der Waals surface area contributed by atoms with E-state index in [-0.39, 0.29) is 5.91 Å². The number of carbonyl (C=O) groups is 1. The van der Waals surface area contributed by atoms with E-state index < -0.39 is 0 Å². The Hall–Kier alpha value is -2.20. The molecule has 1 amide bonds. The summed E-state index contributed by atoms with van der Waals surface area (Å²) in [6, 6.07) is 7.64. The minimum atomic E-state index is -0.172. The highest BCUT2D eigenvalue weighted by Gasteiger charge is 2.38. The molecule has 2 aliphatic carbocycles. The number of amides is 1. The summed E-state index contributed by atoms with van der Waals surface area (Å²) in [5, 5.41) is 11.7. The van der Waals surface area contributed by atoms with Gasteiger partial charge in [0, 0.05) is 23.6 Å². The molecule has 4 rings (SSSR count). The number of benzene rings is 1. The maximum atomic E-state index is 12.2. The van der Waals surface area contributed by atoms with Crippen LogP contribution in [-0.4, -0.2) is 12.5 Å². The van der Waals surface area contributed by atoms with Crippen molar-refractivity contribution in [2.24, 2.45) is 10.2 Å². The van der Waals surface area contributed by atoms with Gasteiger partial charge in [-0.15, -0.1) is 10.2 Å². The SMILES string of the molecule is O=C(NCCc1ccccc1Cl)C1=C2C=C3CC3=C2N=N1. The summed E-state index contributed by atoms with van der Waals surface area (Å²) in [6.45, 7) is 0.525. The number of carbonyl (C=O) groups excluding carboxylic acids is 1. The Morgan fingerprint density at radius 2 is 2.14 bits per heavy atom. The number of hydrogen-bond donors (Lipinski definition) is 1. The third kappa shape index (κ3) is 2.12. The number of nitrogens with one attached hydrogen (secondary N) is 1. The molecule has 1 N–H and O–H groups in total. The van der Waals surface area contributed by atoms with Crippen LogP contribution in [0.25, 0.3) is 0 Å². The average Bonchev–Trinajstić information content (AvgIpc) is 2.96. The first-order valence-electron chi connectivity index (χ1n) is 6.86. The Labute approximate surface area is 126 Å². The zero-order chi connectivity index (χ0) is 14.4. The minimum absolute atomic E-state index is 0.172. The van der Waals surface area contributed by atoms with Crippen LogP contribution < -0.4 is 5.32 Å². The number of rotatable bonds is 4. The third-order valence-electron chi connectivity index (χ3n) is 3.85. The molecule has 5 heteroatoms. The molecule has 3 aliphatic rings. The van der Waals surface area contributed by atoms with Crippen LogP contribution >= 0.6 is 11.6 Å². The lowest BCUT2D eigenvalue weighted by Crippen LogP contribution is -2.26. The highest BCUT2D eigenvalue weighted by atomic mass is 35.5. The number of allylic oxidation sites excluding steroid dienone is 3. The van der Waals surface area contributed by atoms with Crippen LogP contribution in [0.3, 0.4) is 0 Å². The normalized spacial score (nSPS) is 17.9. The Balaban J connectivity index is 1.41. The molecular weight excluding hydrogens is 286 g/mol. The van der Waals surface area contributed by atoms with Crippen LogP contribution in [0.4, 0.5) is 0 Å². The van der Waals surface area contributed by atoms with Gasteiger partial charge in [0.15, 0.2) is 5.70 Å². The van der Waals surface area contributed by atoms with Crippen molar-refractivity contribution in [1.29, 1.82) is 0 Å². The number of azo groups is 1. The van der Waals surface area contributed by atoms with Crippen molar-refractivity contribution >= 4 is 17.5 Å². The molecule has 0 spiro atoms. The fourth-order valence-corrected chi connectivity index (χ4v) is 2.87. The molecule has 21 heavy (non-hydrogen) atoms. The van der Waals surface area contributed by atoms with Gasteiger partial charge >= 0.3 is 0 Å². The molecule has 104 valence electrons. The van der Waals surface area contributed by atoms with Crippen molar-refractivity contribution in [3.8, 4) is 0 Å². The van der Waals surface area contributed by atoms with E-state index >= 15 is 0 Å². The molecule has 1 saturated carbocycles. The summed E-state index contributed by atoms with van der Waals surface area (Å²) in [5.74, 6) is -0.172. The van der Waals surface area contributed by atoms with E-state index in [1.807, 2.05) is 30.3 Å². The first-order chi connectivity index (χ1) is 10.2. The molecule has 1 heterocycles. The van der Waals surface area contributed by atoms with Crippen LogP contribution in [0, 0.1) is 0 Å². The number of fused-ring (bicyclic) bond motifs is 2. The van der Waals surface area contributed by atoms with Crippen molar-refractivity contribution in [2.75, 3.05) is 6.54 Å². The van der Waals surface area contributed by atoms with E-state index in [0.29, 0.717) is 18.7 Å². The topological polar surface area (TPSA) is 53.8 Å². The van der Waals surface area contributed by atoms with E-state index in [4.69, 9.17) is 11.6 Å². The van der Waals surface area contributed by atoms with Crippen LogP contribution in [0.15, 0.2) is 68.7 Å². The average molecular weight is 298 g/mol. The predicted molar refractivity (Wildman–Crippen MR) is 79.8 cm³/mol. The van der Waals surface area contributed by atoms with Crippen LogP contribution in [-0.2, 0) is 11.2 Å². The van der Waals surface area contributed by atoms with E-state index in [1.54, 1.807) is 0 Å². The third-order valence-corrected chi connectivity index (χ3v) is 4.22. The van der Waals surface area contributed by atoms with Crippen LogP contribution in [0.2, 0.25) is 5.02 Å². The zero-order valence-electron chi connectivity index (χ0n) is 11.2. The Kier molecular flexibility index (Phi) is 2.79. The number of hydrogen-bond acceptors (Lipinski definition) is 3. The first-order valence-corrected chi connectivity index (χ1v) is 7.24. The van der Waals surface area contributed by atoms with Crippen molar-refractivity contribution in [1.82, 2.24) is 5.32 Å². The lowest BCUT2D eigenvalue weighted by atomic mass is 10.1. The van der Waals surface area contributed by atoms with Crippen molar-refractivity contribution in [3.05, 3.63) is 69.0 Å². The van der Waals surface area contributed by atoms with Crippen molar-refractivity contribution < 1.29 is 4.79 Å². The van der Waals surface area contributed by atoms with E-state index in [0.717, 1.165) is 28.3 Å². The Morgan fingerprint density at radius 1 is 1.29 bits per heavy atom. The molecule has 0 atom stereocenters. The smallest absolute Gasteiger partial charge is 0.272 e. The van der Waals surface area contributed by atoms with Crippen molar-refractivity contribution in [2.45, 2.75) is 12.8 Å². The quantitative estimate of drug-likeness (QED) is 0.910. The fraction of sp³-hybridized carbons (Fsp3) is 0.188. The molecule has 1 aromatic rings. The summed E-state index contributed by atoms with van der Waals surface area (Å²) in [6.07, 6.45) is 3.72. The number of halogens is 1. The van der Waals surface area contributed by atoms with Gasteiger partial charge in [-0.3, -0.25) is 4.79 Å². The first kappa shape index (κ1) is 12.5. The summed E-state index contributed by atoms with van der Waals surface area (Å²) >= 11 is 6.09. The summed E-state index contributed by atoms with van der Waals surface area (Å²) in [7, 11) is 0. The molecule has 1 fully saturated rings. The van der Waals surface area contributed by atoms with Crippen LogP contribution in [0.1, 0.15) is 12.0 Å². The van der Waals surface area contributed by atoms with Gasteiger partial charge in [0.1, 0.15) is 0 Å². The van der Waals surface area contributed by atoms with Gasteiger partial charge in [-0.2, -0.15) is 0 Å². The van der Waals surface area contributed by atoms with Gasteiger partial charge < -0.3 is 5.32 Å². The molecule has 0 bridgehead atoms. The summed E-state index contributed by atoms with van der Waals surface area (Å²) in [5.41, 5.74) is 5.75. The van der Waals surface area contributed by atoms with Gasteiger partial charge in [-0.25, -0.2) is 0 Å². The van der Waals surface area contributed by atoms with Gasteiger partial charge in [0.05, 0.1) is 5.70 Å². The van der Waals surface area contributed by atoms with Crippen LogP contribution in [0.5, 0.6) is 0 Å². The summed E-state index contributed by atoms with van der Waals surface area (Å²) < 4.78 is 0.